The van der Waals surface area contributed by atoms with E-state index in [1.54, 1.807) is 32.3 Å². The summed E-state index contributed by atoms with van der Waals surface area (Å²) in [5.41, 5.74) is 2.12. The Morgan fingerprint density at radius 1 is 1.22 bits per heavy atom. The number of aliphatic carboxylic acids is 1. The van der Waals surface area contributed by atoms with E-state index in [1.165, 1.54) is 4.90 Å². The predicted octanol–water partition coefficient (Wildman–Crippen LogP) is 4.97. The third-order valence-corrected chi connectivity index (χ3v) is 6.06. The maximum atomic E-state index is 13.6. The number of halogens is 3. The molecule has 0 saturated heterocycles. The van der Waals surface area contributed by atoms with Crippen molar-refractivity contribution < 1.29 is 23.8 Å². The van der Waals surface area contributed by atoms with Crippen LogP contribution < -0.4 is 4.74 Å². The van der Waals surface area contributed by atoms with E-state index in [0.717, 1.165) is 11.0 Å². The van der Waals surface area contributed by atoms with Crippen molar-refractivity contribution in [3.8, 4) is 11.5 Å². The molecule has 170 valence electrons. The number of ether oxygens (including phenoxy) is 1. The minimum atomic E-state index is -1.98. The third kappa shape index (κ3) is 5.29. The fourth-order valence-electron chi connectivity index (χ4n) is 3.24. The van der Waals surface area contributed by atoms with Gasteiger partial charge >= 0.3 is 5.97 Å². The molecule has 0 aliphatic carbocycles. The number of carboxylic acids is 1. The standard InChI is InChI=1S/C22H22Br2FN3O4/c1-4-28-18-10-13(5-6-17(18)26-19(28)11-20(29)27(2)3)32-21-14(23)7-12(8-15(21)24)9-16(25)22(30)31/h5-8,10,16H,4,9,11H2,1-3H3,(H,30,31). The Bertz CT molecular complexity index is 1160. The van der Waals surface area contributed by atoms with Crippen LogP contribution in [0.5, 0.6) is 11.5 Å². The number of hydrogen-bond donors (Lipinski definition) is 1. The molecule has 7 nitrogen and oxygen atoms in total. The average Bonchev–Trinajstić information content (AvgIpc) is 3.06. The topological polar surface area (TPSA) is 84.7 Å². The molecule has 0 radical (unpaired) electrons. The maximum Gasteiger partial charge on any atom is 0.338 e. The molecule has 0 aliphatic rings. The monoisotopic (exact) mass is 569 g/mol. The molecule has 10 heteroatoms. The summed E-state index contributed by atoms with van der Waals surface area (Å²) in [4.78, 5) is 29.1. The van der Waals surface area contributed by atoms with E-state index < -0.39 is 12.1 Å². The molecule has 3 rings (SSSR count). The van der Waals surface area contributed by atoms with Gasteiger partial charge in [-0.2, -0.15) is 0 Å². The SMILES string of the molecule is CCn1c(CC(=O)N(C)C)nc2ccc(Oc3c(Br)cc(CC(F)C(=O)O)cc3Br)cc21. The number of alkyl halides is 1. The number of amides is 1. The lowest BCUT2D eigenvalue weighted by atomic mass is 10.1. The average molecular weight is 571 g/mol. The van der Waals surface area contributed by atoms with Crippen molar-refractivity contribution in [2.24, 2.45) is 0 Å². The Hall–Kier alpha value is -2.46. The van der Waals surface area contributed by atoms with Crippen molar-refractivity contribution >= 4 is 54.8 Å². The molecule has 0 spiro atoms. The molecule has 2 aromatic carbocycles. The number of carboxylic acid groups (broad SMARTS) is 1. The minimum absolute atomic E-state index is 0.0298. The number of rotatable bonds is 8. The van der Waals surface area contributed by atoms with E-state index in [9.17, 15) is 14.0 Å². The van der Waals surface area contributed by atoms with Gasteiger partial charge in [-0.3, -0.25) is 4.79 Å². The Morgan fingerprint density at radius 3 is 2.44 bits per heavy atom. The van der Waals surface area contributed by atoms with Gasteiger partial charge in [0.2, 0.25) is 12.1 Å². The van der Waals surface area contributed by atoms with Crippen LogP contribution in [-0.2, 0) is 29.0 Å². The highest BCUT2D eigenvalue weighted by Crippen LogP contribution is 2.39. The molecule has 32 heavy (non-hydrogen) atoms. The highest BCUT2D eigenvalue weighted by atomic mass is 79.9. The van der Waals surface area contributed by atoms with Crippen LogP contribution in [-0.4, -0.2) is 51.7 Å². The normalized spacial score (nSPS) is 12.1. The Balaban J connectivity index is 1.90. The molecule has 1 heterocycles. The number of nitrogens with zero attached hydrogens (tertiary/aromatic N) is 3. The molecule has 1 unspecified atom stereocenters. The first kappa shape index (κ1) is 24.2. The van der Waals surface area contributed by atoms with Crippen molar-refractivity contribution in [3.63, 3.8) is 0 Å². The summed E-state index contributed by atoms with van der Waals surface area (Å²) in [7, 11) is 3.42. The Labute approximate surface area is 201 Å². The van der Waals surface area contributed by atoms with Gasteiger partial charge < -0.3 is 19.3 Å². The van der Waals surface area contributed by atoms with E-state index in [0.29, 0.717) is 38.4 Å². The number of carbonyl (C=O) groups excluding carboxylic acids is 1. The number of hydrogen-bond acceptors (Lipinski definition) is 4. The fourth-order valence-corrected chi connectivity index (χ4v) is 4.68. The summed E-state index contributed by atoms with van der Waals surface area (Å²) in [6, 6.07) is 8.73. The zero-order valence-electron chi connectivity index (χ0n) is 17.7. The van der Waals surface area contributed by atoms with Crippen LogP contribution in [0.1, 0.15) is 18.3 Å². The smallest absolute Gasteiger partial charge is 0.338 e. The van der Waals surface area contributed by atoms with Gasteiger partial charge in [-0.15, -0.1) is 0 Å². The van der Waals surface area contributed by atoms with Gasteiger partial charge in [0.05, 0.1) is 26.4 Å². The maximum absolute atomic E-state index is 13.6. The van der Waals surface area contributed by atoms with E-state index in [4.69, 9.17) is 9.84 Å². The summed E-state index contributed by atoms with van der Waals surface area (Å²) < 4.78 is 22.7. The molecule has 1 aromatic heterocycles. The summed E-state index contributed by atoms with van der Waals surface area (Å²) in [5.74, 6) is 0.192. The largest absolute Gasteiger partial charge is 0.479 e. The highest BCUT2D eigenvalue weighted by Gasteiger charge is 2.19. The molecule has 1 amide bonds. The zero-order valence-corrected chi connectivity index (χ0v) is 20.9. The number of carbonyl (C=O) groups is 2. The number of likely N-dealkylation sites (N-methyl/N-ethyl adjacent to an activating group) is 1. The highest BCUT2D eigenvalue weighted by molar-refractivity contribution is 9.11. The molecule has 1 N–H and O–H groups in total. The number of fused-ring (bicyclic) bond motifs is 1. The van der Waals surface area contributed by atoms with Crippen molar-refractivity contribution in [1.82, 2.24) is 14.5 Å². The van der Waals surface area contributed by atoms with E-state index in [-0.39, 0.29) is 18.7 Å². The summed E-state index contributed by atoms with van der Waals surface area (Å²) in [6.07, 6.45) is -2.02. The molecule has 3 aromatic rings. The molecule has 1 atom stereocenters. The van der Waals surface area contributed by atoms with Gasteiger partial charge in [-0.1, -0.05) is 0 Å². The van der Waals surface area contributed by atoms with E-state index >= 15 is 0 Å². The van der Waals surface area contributed by atoms with Crippen molar-refractivity contribution in [2.45, 2.75) is 32.5 Å². The lowest BCUT2D eigenvalue weighted by Gasteiger charge is -2.13. The van der Waals surface area contributed by atoms with Crippen molar-refractivity contribution in [2.75, 3.05) is 14.1 Å². The minimum Gasteiger partial charge on any atom is -0.479 e. The van der Waals surface area contributed by atoms with Gasteiger partial charge in [0.1, 0.15) is 11.6 Å². The first-order valence-corrected chi connectivity index (χ1v) is 11.4. The van der Waals surface area contributed by atoms with Gasteiger partial charge in [-0.25, -0.2) is 14.2 Å². The molecule has 0 aliphatic heterocycles. The molecular weight excluding hydrogens is 549 g/mol. The van der Waals surface area contributed by atoms with Gasteiger partial charge in [0.25, 0.3) is 0 Å². The Morgan fingerprint density at radius 2 is 1.88 bits per heavy atom. The van der Waals surface area contributed by atoms with Crippen LogP contribution in [0.2, 0.25) is 0 Å². The first-order chi connectivity index (χ1) is 15.1. The second kappa shape index (κ2) is 9.99. The van der Waals surface area contributed by atoms with Crippen molar-refractivity contribution in [3.05, 3.63) is 50.7 Å². The molecule has 0 saturated carbocycles. The second-order valence-electron chi connectivity index (χ2n) is 7.39. The number of aromatic nitrogens is 2. The van der Waals surface area contributed by atoms with Crippen LogP contribution in [0, 0.1) is 0 Å². The lowest BCUT2D eigenvalue weighted by molar-refractivity contribution is -0.142. The van der Waals surface area contributed by atoms with Crippen LogP contribution in [0.25, 0.3) is 11.0 Å². The van der Waals surface area contributed by atoms with Crippen LogP contribution in [0.4, 0.5) is 4.39 Å². The summed E-state index contributed by atoms with van der Waals surface area (Å²) >= 11 is 6.84. The molecular formula is C22H22Br2FN3O4. The Kier molecular flexibility index (Phi) is 7.55. The quantitative estimate of drug-likeness (QED) is 0.413. The van der Waals surface area contributed by atoms with Crippen molar-refractivity contribution in [1.29, 1.82) is 0 Å². The third-order valence-electron chi connectivity index (χ3n) is 4.88. The fraction of sp³-hybridized carbons (Fsp3) is 0.318. The van der Waals surface area contributed by atoms with Crippen LogP contribution in [0.15, 0.2) is 39.3 Å². The van der Waals surface area contributed by atoms with Crippen LogP contribution in [0.3, 0.4) is 0 Å². The second-order valence-corrected chi connectivity index (χ2v) is 9.10. The van der Waals surface area contributed by atoms with Gasteiger partial charge in [-0.05, 0) is 68.6 Å². The predicted molar refractivity (Wildman–Crippen MR) is 126 cm³/mol. The summed E-state index contributed by atoms with van der Waals surface area (Å²) in [6.45, 7) is 2.63. The number of benzene rings is 2. The number of imidazole rings is 1. The number of aryl methyl sites for hydroxylation is 1. The van der Waals surface area contributed by atoms with Gasteiger partial charge in [0.15, 0.2) is 5.75 Å². The van der Waals surface area contributed by atoms with Gasteiger partial charge in [0, 0.05) is 33.1 Å². The first-order valence-electron chi connectivity index (χ1n) is 9.82. The lowest BCUT2D eigenvalue weighted by Crippen LogP contribution is -2.25. The van der Waals surface area contributed by atoms with E-state index in [2.05, 4.69) is 36.8 Å². The zero-order chi connectivity index (χ0) is 23.6. The summed E-state index contributed by atoms with van der Waals surface area (Å²) in [5, 5.41) is 8.79. The van der Waals surface area contributed by atoms with E-state index in [1.807, 2.05) is 23.6 Å². The molecule has 0 bridgehead atoms. The molecule has 0 fully saturated rings. The van der Waals surface area contributed by atoms with Crippen LogP contribution >= 0.6 is 31.9 Å².